The first-order valence-corrected chi connectivity index (χ1v) is 7.01. The van der Waals surface area contributed by atoms with Gasteiger partial charge in [-0.2, -0.15) is 0 Å². The zero-order valence-corrected chi connectivity index (χ0v) is 12.2. The van der Waals surface area contributed by atoms with Crippen LogP contribution >= 0.6 is 15.9 Å². The average molecular weight is 302 g/mol. The minimum absolute atomic E-state index is 0.579. The fourth-order valence-electron chi connectivity index (χ4n) is 2.90. The highest BCUT2D eigenvalue weighted by atomic mass is 79.9. The van der Waals surface area contributed by atoms with Crippen molar-refractivity contribution in [1.82, 2.24) is 15.0 Å². The summed E-state index contributed by atoms with van der Waals surface area (Å²) in [5.41, 5.74) is 0.0485. The Hall–Kier alpha value is -0.420. The van der Waals surface area contributed by atoms with Crippen LogP contribution in [0.5, 0.6) is 0 Å². The number of hydrogen-bond donors (Lipinski definition) is 1. The SMILES string of the molecule is CC(C)C1CCCC(O)(c2c(Br)nnn2C)C1. The maximum atomic E-state index is 10.9. The molecule has 1 saturated carbocycles. The highest BCUT2D eigenvalue weighted by molar-refractivity contribution is 9.10. The van der Waals surface area contributed by atoms with Crippen LogP contribution < -0.4 is 0 Å². The van der Waals surface area contributed by atoms with Gasteiger partial charge in [0, 0.05) is 7.05 Å². The second-order valence-corrected chi connectivity index (χ2v) is 6.24. The van der Waals surface area contributed by atoms with E-state index in [2.05, 4.69) is 40.1 Å². The maximum Gasteiger partial charge on any atom is 0.154 e. The zero-order chi connectivity index (χ0) is 12.6. The monoisotopic (exact) mass is 301 g/mol. The summed E-state index contributed by atoms with van der Waals surface area (Å²) in [4.78, 5) is 0. The van der Waals surface area contributed by atoms with Crippen LogP contribution in [0.2, 0.25) is 0 Å². The number of halogens is 1. The topological polar surface area (TPSA) is 50.9 Å². The quantitative estimate of drug-likeness (QED) is 0.913. The molecule has 17 heavy (non-hydrogen) atoms. The Morgan fingerprint density at radius 3 is 2.76 bits per heavy atom. The van der Waals surface area contributed by atoms with E-state index in [1.165, 1.54) is 6.42 Å². The van der Waals surface area contributed by atoms with Gasteiger partial charge in [-0.3, -0.25) is 0 Å². The second kappa shape index (κ2) is 4.69. The van der Waals surface area contributed by atoms with Crippen molar-refractivity contribution in [3.63, 3.8) is 0 Å². The summed E-state index contributed by atoms with van der Waals surface area (Å²) in [7, 11) is 1.84. The lowest BCUT2D eigenvalue weighted by Gasteiger charge is -2.38. The van der Waals surface area contributed by atoms with Crippen LogP contribution in [0.1, 0.15) is 45.2 Å². The molecule has 1 aliphatic carbocycles. The average Bonchev–Trinajstić information content (AvgIpc) is 2.59. The minimum Gasteiger partial charge on any atom is -0.383 e. The van der Waals surface area contributed by atoms with E-state index in [0.717, 1.165) is 25.0 Å². The molecule has 2 atom stereocenters. The first kappa shape index (κ1) is 13.0. The molecule has 96 valence electrons. The Labute approximate surface area is 111 Å². The third kappa shape index (κ3) is 2.40. The standard InChI is InChI=1S/C12H20BrN3O/c1-8(2)9-5-4-6-12(17,7-9)10-11(13)14-15-16(10)3/h8-9,17H,4-7H2,1-3H3. The molecule has 1 aliphatic rings. The van der Waals surface area contributed by atoms with Gasteiger partial charge < -0.3 is 5.11 Å². The van der Waals surface area contributed by atoms with E-state index in [-0.39, 0.29) is 0 Å². The summed E-state index contributed by atoms with van der Waals surface area (Å²) in [6.07, 6.45) is 3.89. The van der Waals surface area contributed by atoms with E-state index >= 15 is 0 Å². The van der Waals surface area contributed by atoms with Gasteiger partial charge in [-0.1, -0.05) is 19.1 Å². The lowest BCUT2D eigenvalue weighted by molar-refractivity contribution is -0.0364. The third-order valence-corrected chi connectivity index (χ3v) is 4.47. The molecule has 0 saturated heterocycles. The molecule has 0 radical (unpaired) electrons. The van der Waals surface area contributed by atoms with Gasteiger partial charge in [0.15, 0.2) is 4.60 Å². The highest BCUT2D eigenvalue weighted by Gasteiger charge is 2.40. The van der Waals surface area contributed by atoms with Crippen LogP contribution in [0.4, 0.5) is 0 Å². The van der Waals surface area contributed by atoms with Crippen LogP contribution in [-0.4, -0.2) is 20.1 Å². The molecule has 1 aromatic heterocycles. The number of nitrogens with zero attached hydrogens (tertiary/aromatic N) is 3. The van der Waals surface area contributed by atoms with Crippen molar-refractivity contribution < 1.29 is 5.11 Å². The van der Waals surface area contributed by atoms with Crippen LogP contribution in [0, 0.1) is 11.8 Å². The van der Waals surface area contributed by atoms with Crippen molar-refractivity contribution in [1.29, 1.82) is 0 Å². The van der Waals surface area contributed by atoms with Crippen molar-refractivity contribution in [3.8, 4) is 0 Å². The Kier molecular flexibility index (Phi) is 3.59. The molecule has 0 aromatic carbocycles. The number of aromatic nitrogens is 3. The zero-order valence-electron chi connectivity index (χ0n) is 10.6. The van der Waals surface area contributed by atoms with Gasteiger partial charge in [0.25, 0.3) is 0 Å². The molecule has 1 fully saturated rings. The predicted molar refractivity (Wildman–Crippen MR) is 69.4 cm³/mol. The predicted octanol–water partition coefficient (Wildman–Crippen LogP) is 2.61. The largest absolute Gasteiger partial charge is 0.383 e. The van der Waals surface area contributed by atoms with E-state index in [9.17, 15) is 5.11 Å². The van der Waals surface area contributed by atoms with E-state index < -0.39 is 5.60 Å². The second-order valence-electron chi connectivity index (χ2n) is 5.48. The van der Waals surface area contributed by atoms with Gasteiger partial charge >= 0.3 is 0 Å². The molecule has 1 heterocycles. The fourth-order valence-corrected chi connectivity index (χ4v) is 3.60. The third-order valence-electron chi connectivity index (χ3n) is 3.93. The molecular formula is C12H20BrN3O. The minimum atomic E-state index is -0.774. The van der Waals surface area contributed by atoms with Gasteiger partial charge in [0.1, 0.15) is 11.3 Å². The van der Waals surface area contributed by atoms with Crippen LogP contribution in [0.25, 0.3) is 0 Å². The van der Waals surface area contributed by atoms with Crippen molar-refractivity contribution in [2.45, 2.75) is 45.1 Å². The highest BCUT2D eigenvalue weighted by Crippen LogP contribution is 2.43. The van der Waals surface area contributed by atoms with Crippen molar-refractivity contribution >= 4 is 15.9 Å². The lowest BCUT2D eigenvalue weighted by atomic mass is 9.72. The lowest BCUT2D eigenvalue weighted by Crippen LogP contribution is -2.36. The van der Waals surface area contributed by atoms with Crippen LogP contribution in [-0.2, 0) is 12.6 Å². The number of rotatable bonds is 2. The first-order chi connectivity index (χ1) is 7.94. The van der Waals surface area contributed by atoms with Crippen molar-refractivity contribution in [3.05, 3.63) is 10.3 Å². The Morgan fingerprint density at radius 1 is 1.53 bits per heavy atom. The van der Waals surface area contributed by atoms with Gasteiger partial charge in [-0.15, -0.1) is 5.10 Å². The molecule has 0 amide bonds. The van der Waals surface area contributed by atoms with E-state index in [1.54, 1.807) is 4.68 Å². The Morgan fingerprint density at radius 2 is 2.24 bits per heavy atom. The molecule has 0 aliphatic heterocycles. The van der Waals surface area contributed by atoms with Crippen LogP contribution in [0.15, 0.2) is 4.60 Å². The smallest absolute Gasteiger partial charge is 0.154 e. The number of aryl methyl sites for hydroxylation is 1. The molecule has 0 bridgehead atoms. The Bertz CT molecular complexity index is 385. The van der Waals surface area contributed by atoms with Crippen molar-refractivity contribution in [2.75, 3.05) is 0 Å². The van der Waals surface area contributed by atoms with Gasteiger partial charge in [0.05, 0.1) is 0 Å². The van der Waals surface area contributed by atoms with Crippen molar-refractivity contribution in [2.24, 2.45) is 18.9 Å². The number of aliphatic hydroxyl groups is 1. The van der Waals surface area contributed by atoms with E-state index in [1.807, 2.05) is 7.05 Å². The van der Waals surface area contributed by atoms with Gasteiger partial charge in [-0.05, 0) is 53.4 Å². The Balaban J connectivity index is 2.30. The molecular weight excluding hydrogens is 282 g/mol. The summed E-state index contributed by atoms with van der Waals surface area (Å²) in [6.45, 7) is 4.46. The fraction of sp³-hybridized carbons (Fsp3) is 0.833. The summed E-state index contributed by atoms with van der Waals surface area (Å²) < 4.78 is 2.36. The molecule has 1 N–H and O–H groups in total. The summed E-state index contributed by atoms with van der Waals surface area (Å²) in [5, 5.41) is 18.8. The summed E-state index contributed by atoms with van der Waals surface area (Å²) >= 11 is 3.39. The molecule has 4 nitrogen and oxygen atoms in total. The molecule has 1 aromatic rings. The summed E-state index contributed by atoms with van der Waals surface area (Å²) in [5.74, 6) is 1.19. The van der Waals surface area contributed by atoms with E-state index in [4.69, 9.17) is 0 Å². The maximum absolute atomic E-state index is 10.9. The van der Waals surface area contributed by atoms with E-state index in [0.29, 0.717) is 16.4 Å². The molecule has 5 heteroatoms. The number of hydrogen-bond acceptors (Lipinski definition) is 3. The van der Waals surface area contributed by atoms with Crippen LogP contribution in [0.3, 0.4) is 0 Å². The molecule has 0 spiro atoms. The summed E-state index contributed by atoms with van der Waals surface area (Å²) in [6, 6.07) is 0. The first-order valence-electron chi connectivity index (χ1n) is 6.22. The normalized spacial score (nSPS) is 29.9. The molecule has 2 unspecified atom stereocenters. The van der Waals surface area contributed by atoms with Gasteiger partial charge in [-0.25, -0.2) is 4.68 Å². The van der Waals surface area contributed by atoms with Gasteiger partial charge in [0.2, 0.25) is 0 Å². The molecule has 2 rings (SSSR count).